The van der Waals surface area contributed by atoms with Crippen LogP contribution in [0, 0.1) is 0 Å². The van der Waals surface area contributed by atoms with Crippen molar-refractivity contribution < 1.29 is 0 Å². The van der Waals surface area contributed by atoms with Crippen LogP contribution in [0.1, 0.15) is 51.1 Å². The van der Waals surface area contributed by atoms with Gasteiger partial charge in [-0.2, -0.15) is 0 Å². The van der Waals surface area contributed by atoms with Crippen LogP contribution in [0.4, 0.5) is 0 Å². The second-order valence-electron chi connectivity index (χ2n) is 4.96. The smallest absolute Gasteiger partial charge is 0.0488 e. The minimum Gasteiger partial charge on any atom is -0.310 e. The van der Waals surface area contributed by atoms with E-state index in [2.05, 4.69) is 58.7 Å². The van der Waals surface area contributed by atoms with Gasteiger partial charge >= 0.3 is 0 Å². The fourth-order valence-electron chi connectivity index (χ4n) is 2.41. The van der Waals surface area contributed by atoms with Gasteiger partial charge in [0, 0.05) is 15.2 Å². The normalized spacial score (nSPS) is 13.0. The van der Waals surface area contributed by atoms with Gasteiger partial charge in [-0.25, -0.2) is 0 Å². The molecule has 1 aromatic carbocycles. The van der Waals surface area contributed by atoms with Crippen molar-refractivity contribution in [1.82, 2.24) is 5.32 Å². The Kier molecular flexibility index (Phi) is 5.86. The number of rotatable bonds is 7. The number of benzene rings is 1. The number of fused-ring (bicyclic) bond motifs is 1. The molecule has 1 unspecified atom stereocenters. The lowest BCUT2D eigenvalue weighted by atomic mass is 10.0. The average Bonchev–Trinajstić information content (AvgIpc) is 2.84. The molecule has 104 valence electrons. The van der Waals surface area contributed by atoms with Gasteiger partial charge in [-0.05, 0) is 57.7 Å². The molecule has 1 atom stereocenters. The summed E-state index contributed by atoms with van der Waals surface area (Å²) in [5.74, 6) is 0. The van der Waals surface area contributed by atoms with Crippen LogP contribution in [-0.4, -0.2) is 6.54 Å². The third-order valence-electron chi connectivity index (χ3n) is 3.44. The SMILES string of the molecule is CCCCC(NCCC)c1csc2c(Br)cccc12. The van der Waals surface area contributed by atoms with Crippen LogP contribution in [0.3, 0.4) is 0 Å². The number of hydrogen-bond donors (Lipinski definition) is 1. The third kappa shape index (κ3) is 3.59. The van der Waals surface area contributed by atoms with Crippen LogP contribution in [0.5, 0.6) is 0 Å². The van der Waals surface area contributed by atoms with E-state index in [-0.39, 0.29) is 0 Å². The Labute approximate surface area is 128 Å². The number of hydrogen-bond acceptors (Lipinski definition) is 2. The van der Waals surface area contributed by atoms with Gasteiger partial charge < -0.3 is 5.32 Å². The Morgan fingerprint density at radius 2 is 2.11 bits per heavy atom. The molecule has 0 spiro atoms. The van der Waals surface area contributed by atoms with Gasteiger partial charge in [0.2, 0.25) is 0 Å². The molecule has 2 rings (SSSR count). The molecule has 0 saturated heterocycles. The summed E-state index contributed by atoms with van der Waals surface area (Å²) >= 11 is 5.50. The standard InChI is InChI=1S/C16H22BrNS/c1-3-5-9-15(18-10-4-2)13-11-19-16-12(13)7-6-8-14(16)17/h6-8,11,15,18H,3-5,9-10H2,1-2H3. The van der Waals surface area contributed by atoms with E-state index in [1.807, 2.05) is 11.3 Å². The first kappa shape index (κ1) is 15.0. The predicted octanol–water partition coefficient (Wildman–Crippen LogP) is 5.89. The average molecular weight is 340 g/mol. The van der Waals surface area contributed by atoms with Gasteiger partial charge in [0.25, 0.3) is 0 Å². The summed E-state index contributed by atoms with van der Waals surface area (Å²) in [6.07, 6.45) is 4.96. The van der Waals surface area contributed by atoms with Gasteiger partial charge in [-0.1, -0.05) is 38.8 Å². The quantitative estimate of drug-likeness (QED) is 0.662. The monoisotopic (exact) mass is 339 g/mol. The van der Waals surface area contributed by atoms with E-state index in [4.69, 9.17) is 0 Å². The van der Waals surface area contributed by atoms with Crippen LogP contribution < -0.4 is 5.32 Å². The first-order valence-electron chi connectivity index (χ1n) is 7.16. The highest BCUT2D eigenvalue weighted by molar-refractivity contribution is 9.10. The Bertz CT molecular complexity index is 512. The molecular weight excluding hydrogens is 318 g/mol. The topological polar surface area (TPSA) is 12.0 Å². The zero-order valence-electron chi connectivity index (χ0n) is 11.7. The van der Waals surface area contributed by atoms with Crippen LogP contribution in [0.2, 0.25) is 0 Å². The fraction of sp³-hybridized carbons (Fsp3) is 0.500. The first-order chi connectivity index (χ1) is 9.27. The third-order valence-corrected chi connectivity index (χ3v) is 5.41. The van der Waals surface area contributed by atoms with Crippen molar-refractivity contribution in [3.63, 3.8) is 0 Å². The predicted molar refractivity (Wildman–Crippen MR) is 90.1 cm³/mol. The molecule has 1 heterocycles. The summed E-state index contributed by atoms with van der Waals surface area (Å²) in [5.41, 5.74) is 1.48. The van der Waals surface area contributed by atoms with Crippen molar-refractivity contribution in [3.8, 4) is 0 Å². The lowest BCUT2D eigenvalue weighted by molar-refractivity contribution is 0.485. The molecule has 0 radical (unpaired) electrons. The van der Waals surface area contributed by atoms with E-state index in [1.54, 1.807) is 0 Å². The van der Waals surface area contributed by atoms with Crippen LogP contribution in [0.25, 0.3) is 10.1 Å². The van der Waals surface area contributed by atoms with E-state index in [1.165, 1.54) is 45.8 Å². The van der Waals surface area contributed by atoms with E-state index in [9.17, 15) is 0 Å². The summed E-state index contributed by atoms with van der Waals surface area (Å²) < 4.78 is 2.59. The van der Waals surface area contributed by atoms with Gasteiger partial charge in [-0.15, -0.1) is 11.3 Å². The van der Waals surface area contributed by atoms with Gasteiger partial charge in [-0.3, -0.25) is 0 Å². The van der Waals surface area contributed by atoms with Crippen LogP contribution in [0.15, 0.2) is 28.1 Å². The van der Waals surface area contributed by atoms with Crippen LogP contribution >= 0.6 is 27.3 Å². The fourth-order valence-corrected chi connectivity index (χ4v) is 4.08. The lowest BCUT2D eigenvalue weighted by Gasteiger charge is -2.18. The molecule has 0 fully saturated rings. The van der Waals surface area contributed by atoms with Crippen molar-refractivity contribution in [1.29, 1.82) is 0 Å². The lowest BCUT2D eigenvalue weighted by Crippen LogP contribution is -2.21. The summed E-state index contributed by atoms with van der Waals surface area (Å²) in [6, 6.07) is 7.02. The molecule has 0 aliphatic carbocycles. The van der Waals surface area contributed by atoms with Gasteiger partial charge in [0.1, 0.15) is 0 Å². The van der Waals surface area contributed by atoms with E-state index < -0.39 is 0 Å². The second-order valence-corrected chi connectivity index (χ2v) is 6.69. The molecule has 3 heteroatoms. The largest absolute Gasteiger partial charge is 0.310 e. The highest BCUT2D eigenvalue weighted by Crippen LogP contribution is 2.36. The first-order valence-corrected chi connectivity index (χ1v) is 8.84. The maximum Gasteiger partial charge on any atom is 0.0488 e. The van der Waals surface area contributed by atoms with Crippen molar-refractivity contribution in [3.05, 3.63) is 33.6 Å². The highest BCUT2D eigenvalue weighted by atomic mass is 79.9. The molecule has 19 heavy (non-hydrogen) atoms. The maximum absolute atomic E-state index is 3.71. The van der Waals surface area contributed by atoms with Crippen molar-refractivity contribution in [2.45, 2.75) is 45.6 Å². The Morgan fingerprint density at radius 3 is 2.84 bits per heavy atom. The molecule has 1 nitrogen and oxygen atoms in total. The minimum absolute atomic E-state index is 0.503. The summed E-state index contributed by atoms with van der Waals surface area (Å²) in [4.78, 5) is 0. The van der Waals surface area contributed by atoms with Gasteiger partial charge in [0.15, 0.2) is 0 Å². The molecule has 1 aromatic heterocycles. The minimum atomic E-state index is 0.503. The van der Waals surface area contributed by atoms with Crippen molar-refractivity contribution >= 4 is 37.4 Å². The van der Waals surface area contributed by atoms with Crippen LogP contribution in [-0.2, 0) is 0 Å². The van der Waals surface area contributed by atoms with Crippen molar-refractivity contribution in [2.24, 2.45) is 0 Å². The Balaban J connectivity index is 2.29. The molecule has 0 amide bonds. The highest BCUT2D eigenvalue weighted by Gasteiger charge is 2.15. The Morgan fingerprint density at radius 1 is 1.26 bits per heavy atom. The zero-order chi connectivity index (χ0) is 13.7. The van der Waals surface area contributed by atoms with E-state index >= 15 is 0 Å². The number of halogens is 1. The van der Waals surface area contributed by atoms with E-state index in [0.717, 1.165) is 6.54 Å². The molecule has 0 bridgehead atoms. The zero-order valence-corrected chi connectivity index (χ0v) is 14.1. The maximum atomic E-state index is 3.71. The summed E-state index contributed by atoms with van der Waals surface area (Å²) in [7, 11) is 0. The Hall–Kier alpha value is -0.380. The molecular formula is C16H22BrNS. The summed E-state index contributed by atoms with van der Waals surface area (Å²) in [5, 5.41) is 7.45. The van der Waals surface area contributed by atoms with E-state index in [0.29, 0.717) is 6.04 Å². The van der Waals surface area contributed by atoms with Gasteiger partial charge in [0.05, 0.1) is 0 Å². The summed E-state index contributed by atoms with van der Waals surface area (Å²) in [6.45, 7) is 5.59. The van der Waals surface area contributed by atoms with Crippen molar-refractivity contribution in [2.75, 3.05) is 6.54 Å². The molecule has 0 saturated carbocycles. The second kappa shape index (κ2) is 7.41. The molecule has 2 aromatic rings. The molecule has 0 aliphatic heterocycles. The number of unbranched alkanes of at least 4 members (excludes halogenated alkanes) is 1. The molecule has 0 aliphatic rings. The molecule has 1 N–H and O–H groups in total. The number of nitrogens with one attached hydrogen (secondary N) is 1. The number of thiophene rings is 1.